The third-order valence-electron chi connectivity index (χ3n) is 3.82. The molecule has 6 heteroatoms. The van der Waals surface area contributed by atoms with Crippen molar-refractivity contribution in [2.24, 2.45) is 0 Å². The van der Waals surface area contributed by atoms with E-state index in [4.69, 9.17) is 9.31 Å². The molecule has 0 amide bonds. The Morgan fingerprint density at radius 2 is 1.90 bits per heavy atom. The van der Waals surface area contributed by atoms with E-state index in [1.54, 1.807) is 6.08 Å². The second-order valence-electron chi connectivity index (χ2n) is 5.90. The highest BCUT2D eigenvalue weighted by Gasteiger charge is 2.52. The third-order valence-corrected chi connectivity index (χ3v) is 3.82. The summed E-state index contributed by atoms with van der Waals surface area (Å²) >= 11 is 0. The predicted molar refractivity (Wildman–Crippen MR) is 75.3 cm³/mol. The first-order valence-corrected chi connectivity index (χ1v) is 6.53. The Morgan fingerprint density at radius 1 is 1.30 bits per heavy atom. The summed E-state index contributed by atoms with van der Waals surface area (Å²) in [4.78, 5) is 3.77. The number of aromatic nitrogens is 1. The molecular formula is C14H19BFNO3. The first-order chi connectivity index (χ1) is 9.25. The van der Waals surface area contributed by atoms with Crippen molar-refractivity contribution in [3.05, 3.63) is 35.3 Å². The number of aliphatic hydroxyl groups excluding tert-OH is 1. The number of pyridine rings is 1. The smallest absolute Gasteiger partial charge is 0.400 e. The van der Waals surface area contributed by atoms with Crippen LogP contribution in [0.1, 0.15) is 33.3 Å². The SMILES string of the molecule is CC1(C)OB(C(=Cc2cncc(F)c2)CO)OC1(C)C. The van der Waals surface area contributed by atoms with Gasteiger partial charge in [-0.25, -0.2) is 4.39 Å². The molecule has 1 N–H and O–H groups in total. The predicted octanol–water partition coefficient (Wildman–Crippen LogP) is 2.23. The molecule has 2 rings (SSSR count). The van der Waals surface area contributed by atoms with Crippen LogP contribution in [-0.2, 0) is 9.31 Å². The van der Waals surface area contributed by atoms with Crippen molar-refractivity contribution in [3.8, 4) is 0 Å². The van der Waals surface area contributed by atoms with Crippen LogP contribution in [0.25, 0.3) is 6.08 Å². The molecule has 108 valence electrons. The third kappa shape index (κ3) is 2.92. The summed E-state index contributed by atoms with van der Waals surface area (Å²) in [5.74, 6) is -0.426. The second-order valence-corrected chi connectivity index (χ2v) is 5.90. The van der Waals surface area contributed by atoms with E-state index in [0.29, 0.717) is 11.0 Å². The van der Waals surface area contributed by atoms with Crippen LogP contribution in [0.15, 0.2) is 23.9 Å². The molecule has 4 nitrogen and oxygen atoms in total. The van der Waals surface area contributed by atoms with Gasteiger partial charge in [0.1, 0.15) is 5.82 Å². The van der Waals surface area contributed by atoms with Crippen molar-refractivity contribution in [1.29, 1.82) is 0 Å². The number of hydrogen-bond acceptors (Lipinski definition) is 4. The molecule has 1 aromatic heterocycles. The van der Waals surface area contributed by atoms with Crippen LogP contribution in [0.5, 0.6) is 0 Å². The van der Waals surface area contributed by atoms with Crippen molar-refractivity contribution in [1.82, 2.24) is 4.98 Å². The van der Waals surface area contributed by atoms with Crippen LogP contribution >= 0.6 is 0 Å². The van der Waals surface area contributed by atoms with E-state index < -0.39 is 24.1 Å². The maximum absolute atomic E-state index is 13.1. The summed E-state index contributed by atoms with van der Waals surface area (Å²) < 4.78 is 24.8. The van der Waals surface area contributed by atoms with Gasteiger partial charge >= 0.3 is 7.12 Å². The normalized spacial score (nSPS) is 21.3. The summed E-state index contributed by atoms with van der Waals surface area (Å²) in [5, 5.41) is 9.52. The first-order valence-electron chi connectivity index (χ1n) is 6.53. The van der Waals surface area contributed by atoms with E-state index in [9.17, 15) is 9.50 Å². The summed E-state index contributed by atoms with van der Waals surface area (Å²) in [7, 11) is -0.645. The molecule has 0 aliphatic carbocycles. The highest BCUT2D eigenvalue weighted by Crippen LogP contribution is 2.38. The van der Waals surface area contributed by atoms with E-state index in [0.717, 1.165) is 6.20 Å². The molecule has 1 aliphatic heterocycles. The minimum absolute atomic E-state index is 0.229. The molecule has 1 saturated heterocycles. The van der Waals surface area contributed by atoms with Gasteiger partial charge in [0.2, 0.25) is 0 Å². The summed E-state index contributed by atoms with van der Waals surface area (Å²) in [6, 6.07) is 1.34. The van der Waals surface area contributed by atoms with Gasteiger partial charge in [0.05, 0.1) is 24.0 Å². The van der Waals surface area contributed by atoms with E-state index in [1.165, 1.54) is 12.3 Å². The molecule has 0 bridgehead atoms. The van der Waals surface area contributed by atoms with Crippen molar-refractivity contribution in [2.45, 2.75) is 38.9 Å². The lowest BCUT2D eigenvalue weighted by atomic mass is 9.77. The molecule has 1 aromatic rings. The molecular weight excluding hydrogens is 260 g/mol. The van der Waals surface area contributed by atoms with Gasteiger partial charge in [-0.15, -0.1) is 0 Å². The molecule has 2 heterocycles. The minimum atomic E-state index is -0.645. The average molecular weight is 279 g/mol. The van der Waals surface area contributed by atoms with E-state index >= 15 is 0 Å². The molecule has 0 atom stereocenters. The molecule has 0 spiro atoms. The number of hydrogen-bond donors (Lipinski definition) is 1. The van der Waals surface area contributed by atoms with E-state index in [-0.39, 0.29) is 6.61 Å². The van der Waals surface area contributed by atoms with Crippen molar-refractivity contribution >= 4 is 13.2 Å². The van der Waals surface area contributed by atoms with Gasteiger partial charge in [-0.3, -0.25) is 4.98 Å². The Bertz CT molecular complexity index is 515. The number of aliphatic hydroxyl groups is 1. The van der Waals surface area contributed by atoms with Gasteiger partial charge in [-0.2, -0.15) is 0 Å². The fraction of sp³-hybridized carbons (Fsp3) is 0.500. The highest BCUT2D eigenvalue weighted by molar-refractivity contribution is 6.55. The molecule has 20 heavy (non-hydrogen) atoms. The zero-order valence-corrected chi connectivity index (χ0v) is 12.2. The molecule has 0 radical (unpaired) electrons. The molecule has 0 unspecified atom stereocenters. The Balaban J connectivity index is 2.26. The Labute approximate surface area is 118 Å². The van der Waals surface area contributed by atoms with Crippen molar-refractivity contribution in [2.75, 3.05) is 6.61 Å². The summed E-state index contributed by atoms with van der Waals surface area (Å²) in [6.45, 7) is 7.52. The highest BCUT2D eigenvalue weighted by atomic mass is 19.1. The Kier molecular flexibility index (Phi) is 4.00. The van der Waals surface area contributed by atoms with E-state index in [1.807, 2.05) is 27.7 Å². The Morgan fingerprint density at radius 3 is 2.40 bits per heavy atom. The number of rotatable bonds is 3. The average Bonchev–Trinajstić information content (AvgIpc) is 2.55. The molecule has 0 aromatic carbocycles. The van der Waals surface area contributed by atoms with Crippen LogP contribution in [0.2, 0.25) is 0 Å². The maximum atomic E-state index is 13.1. The zero-order chi connectivity index (χ0) is 15.0. The van der Waals surface area contributed by atoms with Gasteiger partial charge < -0.3 is 14.4 Å². The largest absolute Gasteiger partial charge is 0.492 e. The fourth-order valence-electron chi connectivity index (χ4n) is 1.90. The van der Waals surface area contributed by atoms with Crippen LogP contribution in [-0.4, -0.2) is 35.0 Å². The lowest BCUT2D eigenvalue weighted by Crippen LogP contribution is -2.41. The second kappa shape index (κ2) is 5.28. The van der Waals surface area contributed by atoms with Gasteiger partial charge in [0.25, 0.3) is 0 Å². The van der Waals surface area contributed by atoms with Gasteiger partial charge in [0, 0.05) is 6.20 Å². The van der Waals surface area contributed by atoms with Gasteiger partial charge in [-0.1, -0.05) is 6.08 Å². The molecule has 0 saturated carbocycles. The molecule has 1 aliphatic rings. The van der Waals surface area contributed by atoms with Gasteiger partial charge in [-0.05, 0) is 44.8 Å². The molecule has 1 fully saturated rings. The monoisotopic (exact) mass is 279 g/mol. The van der Waals surface area contributed by atoms with Crippen LogP contribution in [0.3, 0.4) is 0 Å². The van der Waals surface area contributed by atoms with Crippen molar-refractivity contribution in [3.63, 3.8) is 0 Å². The number of halogens is 1. The summed E-state index contributed by atoms with van der Waals surface area (Å²) in [6.07, 6.45) is 4.28. The zero-order valence-electron chi connectivity index (χ0n) is 12.2. The van der Waals surface area contributed by atoms with Gasteiger partial charge in [0.15, 0.2) is 0 Å². The quantitative estimate of drug-likeness (QED) is 0.862. The summed E-state index contributed by atoms with van der Waals surface area (Å²) in [5.41, 5.74) is 0.137. The first kappa shape index (κ1) is 15.2. The topological polar surface area (TPSA) is 51.6 Å². The Hall–Kier alpha value is -1.24. The fourth-order valence-corrected chi connectivity index (χ4v) is 1.90. The lowest BCUT2D eigenvalue weighted by molar-refractivity contribution is 0.00578. The lowest BCUT2D eigenvalue weighted by Gasteiger charge is -2.32. The van der Waals surface area contributed by atoms with Crippen molar-refractivity contribution < 1.29 is 18.8 Å². The number of nitrogens with zero attached hydrogens (tertiary/aromatic N) is 1. The maximum Gasteiger partial charge on any atom is 0.492 e. The van der Waals surface area contributed by atoms with Crippen LogP contribution in [0.4, 0.5) is 4.39 Å². The van der Waals surface area contributed by atoms with Crippen LogP contribution in [0, 0.1) is 5.82 Å². The van der Waals surface area contributed by atoms with E-state index in [2.05, 4.69) is 4.98 Å². The standard InChI is InChI=1S/C14H19BFNO3/c1-13(2)14(3,4)20-15(19-13)11(9-18)5-10-6-12(16)8-17-7-10/h5-8,18H,9H2,1-4H3. The van der Waals surface area contributed by atoms with Crippen LogP contribution < -0.4 is 0 Å². The minimum Gasteiger partial charge on any atom is -0.400 e.